The molecule has 2 aromatic heterocycles. The highest BCUT2D eigenvalue weighted by molar-refractivity contribution is 14.0. The lowest BCUT2D eigenvalue weighted by molar-refractivity contribution is 0.0531. The second-order valence-electron chi connectivity index (χ2n) is 6.73. The zero-order valence-corrected chi connectivity index (χ0v) is 21.7. The van der Waals surface area contributed by atoms with Crippen molar-refractivity contribution in [1.82, 2.24) is 20.6 Å². The molecule has 8 nitrogen and oxygen atoms in total. The van der Waals surface area contributed by atoms with E-state index in [0.29, 0.717) is 47.9 Å². The van der Waals surface area contributed by atoms with Crippen LogP contribution in [0, 0.1) is 6.92 Å². The maximum atomic E-state index is 12.1. The summed E-state index contributed by atoms with van der Waals surface area (Å²) >= 11 is 1.33. The topological polar surface area (TPSA) is 102 Å². The molecule has 0 radical (unpaired) electrons. The Morgan fingerprint density at radius 1 is 1.28 bits per heavy atom. The molecule has 10 heteroatoms. The molecule has 0 bridgehead atoms. The molecule has 0 spiro atoms. The van der Waals surface area contributed by atoms with E-state index in [0.717, 1.165) is 10.6 Å². The number of ether oxygens (including phenoxy) is 1. The number of nitrogens with one attached hydrogen (secondary N) is 2. The summed E-state index contributed by atoms with van der Waals surface area (Å²) in [6.07, 6.45) is 1.71. The number of hydrogen-bond donors (Lipinski definition) is 2. The zero-order valence-electron chi connectivity index (χ0n) is 18.5. The Balaban J connectivity index is 0.00000363. The Bertz CT molecular complexity index is 1040. The number of hydrogen-bond acceptors (Lipinski definition) is 7. The quantitative estimate of drug-likeness (QED) is 0.175. The maximum Gasteiger partial charge on any atom is 0.350 e. The third kappa shape index (κ3) is 6.76. The fourth-order valence-corrected chi connectivity index (χ4v) is 3.80. The van der Waals surface area contributed by atoms with Crippen molar-refractivity contribution in [1.29, 1.82) is 0 Å². The van der Waals surface area contributed by atoms with E-state index in [-0.39, 0.29) is 36.0 Å². The summed E-state index contributed by atoms with van der Waals surface area (Å²) in [5, 5.41) is 7.32. The Kier molecular flexibility index (Phi) is 10.1. The zero-order chi connectivity index (χ0) is 22.2. The average Bonchev–Trinajstić information content (AvgIpc) is 3.40. The largest absolute Gasteiger partial charge is 0.462 e. The summed E-state index contributed by atoms with van der Waals surface area (Å²) in [4.78, 5) is 26.0. The van der Waals surface area contributed by atoms with Crippen LogP contribution in [0.15, 0.2) is 45.9 Å². The molecule has 1 aromatic carbocycles. The molecule has 3 aromatic rings. The van der Waals surface area contributed by atoms with E-state index in [9.17, 15) is 4.79 Å². The molecule has 1 atom stereocenters. The van der Waals surface area contributed by atoms with Crippen LogP contribution >= 0.6 is 35.3 Å². The molecule has 0 saturated heterocycles. The number of carbonyl (C=O) groups excluding carboxylic acids is 1. The Hall–Kier alpha value is -2.47. The molecule has 3 rings (SSSR count). The van der Waals surface area contributed by atoms with Crippen molar-refractivity contribution in [2.75, 3.05) is 13.2 Å². The van der Waals surface area contributed by atoms with Crippen molar-refractivity contribution >= 4 is 47.2 Å². The van der Waals surface area contributed by atoms with Crippen LogP contribution in [-0.2, 0) is 11.3 Å². The fraction of sp³-hybridized carbons (Fsp3) is 0.364. The van der Waals surface area contributed by atoms with Gasteiger partial charge in [-0.2, -0.15) is 0 Å². The van der Waals surface area contributed by atoms with Gasteiger partial charge in [0.1, 0.15) is 16.4 Å². The third-order valence-corrected chi connectivity index (χ3v) is 5.65. The van der Waals surface area contributed by atoms with Crippen LogP contribution in [-0.4, -0.2) is 35.0 Å². The Labute approximate surface area is 208 Å². The van der Waals surface area contributed by atoms with Crippen LogP contribution in [0.4, 0.5) is 0 Å². The summed E-state index contributed by atoms with van der Waals surface area (Å²) in [6.45, 7) is 8.89. The van der Waals surface area contributed by atoms with Gasteiger partial charge in [0, 0.05) is 12.1 Å². The van der Waals surface area contributed by atoms with Gasteiger partial charge in [-0.05, 0) is 27.7 Å². The smallest absolute Gasteiger partial charge is 0.350 e. The number of aryl methyl sites for hydroxylation is 1. The second-order valence-corrected chi connectivity index (χ2v) is 7.76. The standard InChI is InChI=1S/C22H27N5O3S.HI/c1-5-23-22(25-13-18-24-12-17(30-18)16-10-8-7-9-11-16)27-15(4)20-26-14(3)19(31-20)21(28)29-6-2;/h7-12,15H,5-6,13H2,1-4H3,(H2,23,25,27);1H. The number of benzene rings is 1. The van der Waals surface area contributed by atoms with Crippen LogP contribution in [0.25, 0.3) is 11.3 Å². The lowest BCUT2D eigenvalue weighted by Crippen LogP contribution is -2.38. The van der Waals surface area contributed by atoms with Gasteiger partial charge in [0.2, 0.25) is 5.89 Å². The molecule has 32 heavy (non-hydrogen) atoms. The number of oxazole rings is 1. The summed E-state index contributed by atoms with van der Waals surface area (Å²) in [5.41, 5.74) is 1.64. The minimum absolute atomic E-state index is 0. The van der Waals surface area contributed by atoms with E-state index >= 15 is 0 Å². The number of guanidine groups is 1. The number of nitrogens with zero attached hydrogens (tertiary/aromatic N) is 3. The van der Waals surface area contributed by atoms with E-state index in [1.165, 1.54) is 11.3 Å². The van der Waals surface area contributed by atoms with Gasteiger partial charge in [-0.25, -0.2) is 19.8 Å². The minimum atomic E-state index is -0.338. The molecule has 0 aliphatic carbocycles. The summed E-state index contributed by atoms with van der Waals surface area (Å²) in [7, 11) is 0. The molecule has 0 aliphatic heterocycles. The molecule has 0 saturated carbocycles. The van der Waals surface area contributed by atoms with Gasteiger partial charge in [-0.15, -0.1) is 35.3 Å². The number of carbonyl (C=O) groups is 1. The molecule has 1 unspecified atom stereocenters. The van der Waals surface area contributed by atoms with Crippen LogP contribution < -0.4 is 10.6 Å². The van der Waals surface area contributed by atoms with Crippen molar-refractivity contribution in [3.8, 4) is 11.3 Å². The molecule has 0 aliphatic rings. The Morgan fingerprint density at radius 3 is 2.72 bits per heavy atom. The maximum absolute atomic E-state index is 12.1. The first-order chi connectivity index (χ1) is 15.0. The number of thiazole rings is 1. The molecular weight excluding hydrogens is 541 g/mol. The first-order valence-electron chi connectivity index (χ1n) is 10.2. The van der Waals surface area contributed by atoms with Crippen molar-refractivity contribution < 1.29 is 13.9 Å². The van der Waals surface area contributed by atoms with Crippen LogP contribution in [0.3, 0.4) is 0 Å². The predicted octanol–water partition coefficient (Wildman–Crippen LogP) is 4.72. The molecule has 172 valence electrons. The summed E-state index contributed by atoms with van der Waals surface area (Å²) in [5.74, 6) is 1.51. The van der Waals surface area contributed by atoms with E-state index in [4.69, 9.17) is 9.15 Å². The third-order valence-electron chi connectivity index (χ3n) is 4.33. The lowest BCUT2D eigenvalue weighted by Gasteiger charge is -2.15. The van der Waals surface area contributed by atoms with Crippen molar-refractivity contribution in [3.05, 3.63) is 58.0 Å². The van der Waals surface area contributed by atoms with E-state index in [1.54, 1.807) is 13.1 Å². The number of halogens is 1. The number of aliphatic imine (C=N–C) groups is 1. The molecule has 2 N–H and O–H groups in total. The first kappa shape index (κ1) is 25.8. The van der Waals surface area contributed by atoms with Crippen LogP contribution in [0.5, 0.6) is 0 Å². The van der Waals surface area contributed by atoms with E-state index < -0.39 is 0 Å². The first-order valence-corrected chi connectivity index (χ1v) is 11.0. The predicted molar refractivity (Wildman–Crippen MR) is 137 cm³/mol. The number of esters is 1. The summed E-state index contributed by atoms with van der Waals surface area (Å²) < 4.78 is 10.9. The van der Waals surface area contributed by atoms with Crippen molar-refractivity contribution in [3.63, 3.8) is 0 Å². The lowest BCUT2D eigenvalue weighted by atomic mass is 10.2. The van der Waals surface area contributed by atoms with Gasteiger partial charge in [-0.1, -0.05) is 30.3 Å². The van der Waals surface area contributed by atoms with Gasteiger partial charge in [0.05, 0.1) is 24.5 Å². The molecule has 0 amide bonds. The number of aromatic nitrogens is 2. The van der Waals surface area contributed by atoms with Crippen molar-refractivity contribution in [2.24, 2.45) is 4.99 Å². The highest BCUT2D eigenvalue weighted by Crippen LogP contribution is 2.24. The monoisotopic (exact) mass is 569 g/mol. The van der Waals surface area contributed by atoms with Crippen LogP contribution in [0.1, 0.15) is 53.1 Å². The number of rotatable bonds is 8. The fourth-order valence-electron chi connectivity index (χ4n) is 2.84. The van der Waals surface area contributed by atoms with Gasteiger partial charge in [0.25, 0.3) is 0 Å². The Morgan fingerprint density at radius 2 is 2.03 bits per heavy atom. The van der Waals surface area contributed by atoms with Gasteiger partial charge in [0.15, 0.2) is 11.7 Å². The minimum Gasteiger partial charge on any atom is -0.462 e. The van der Waals surface area contributed by atoms with Gasteiger partial charge in [-0.3, -0.25) is 0 Å². The normalized spacial score (nSPS) is 12.1. The van der Waals surface area contributed by atoms with Crippen molar-refractivity contribution in [2.45, 2.75) is 40.3 Å². The molecular formula is C22H28IN5O3S. The van der Waals surface area contributed by atoms with E-state index in [2.05, 4.69) is 25.6 Å². The highest BCUT2D eigenvalue weighted by Gasteiger charge is 2.20. The summed E-state index contributed by atoms with van der Waals surface area (Å²) in [6, 6.07) is 9.67. The highest BCUT2D eigenvalue weighted by atomic mass is 127. The van der Waals surface area contributed by atoms with Crippen LogP contribution in [0.2, 0.25) is 0 Å². The SMILES string of the molecule is CCNC(=NCc1ncc(-c2ccccc2)o1)NC(C)c1nc(C)c(C(=O)OCC)s1.I. The van der Waals surface area contributed by atoms with Gasteiger partial charge >= 0.3 is 5.97 Å². The second kappa shape index (κ2) is 12.5. The average molecular weight is 569 g/mol. The molecule has 0 fully saturated rings. The molecule has 2 heterocycles. The van der Waals surface area contributed by atoms with E-state index in [1.807, 2.05) is 51.1 Å². The van der Waals surface area contributed by atoms with Gasteiger partial charge < -0.3 is 19.8 Å².